The van der Waals surface area contributed by atoms with Gasteiger partial charge in [0, 0.05) is 0 Å². The van der Waals surface area contributed by atoms with Crippen molar-refractivity contribution >= 4 is 5.97 Å². The number of aliphatic hydroxyl groups is 1. The molecule has 0 aliphatic carbocycles. The first-order chi connectivity index (χ1) is 5.00. The van der Waals surface area contributed by atoms with Gasteiger partial charge >= 0.3 is 5.97 Å². The van der Waals surface area contributed by atoms with Crippen LogP contribution in [0.3, 0.4) is 0 Å². The lowest BCUT2D eigenvalue weighted by Gasteiger charge is -2.20. The fraction of sp³-hybridized carbons (Fsp3) is 0.875. The Morgan fingerprint density at radius 2 is 1.91 bits per heavy atom. The summed E-state index contributed by atoms with van der Waals surface area (Å²) in [6.07, 6.45) is -0.323. The van der Waals surface area contributed by atoms with E-state index in [2.05, 4.69) is 0 Å². The number of aliphatic hydroxyl groups excluding tert-OH is 1. The van der Waals surface area contributed by atoms with Gasteiger partial charge in [-0.25, -0.2) is 4.79 Å². The molecule has 0 radical (unpaired) electrons. The molecule has 0 unspecified atom stereocenters. The number of carboxylic acids is 1. The van der Waals surface area contributed by atoms with E-state index in [4.69, 9.17) is 10.2 Å². The molecule has 0 aromatic carbocycles. The molecular formula is C8H16O3. The van der Waals surface area contributed by atoms with E-state index in [0.29, 0.717) is 0 Å². The van der Waals surface area contributed by atoms with E-state index in [1.807, 2.05) is 13.8 Å². The SMILES string of the molecule is CC[C@@H](C)[C@H](C)[C@@H](O)C(=O)O. The third-order valence-corrected chi connectivity index (χ3v) is 2.29. The van der Waals surface area contributed by atoms with Crippen molar-refractivity contribution in [2.75, 3.05) is 0 Å². The zero-order valence-electron chi connectivity index (χ0n) is 7.24. The lowest BCUT2D eigenvalue weighted by molar-refractivity contribution is -0.150. The predicted octanol–water partition coefficient (Wildman–Crippen LogP) is 1.11. The summed E-state index contributed by atoms with van der Waals surface area (Å²) >= 11 is 0. The van der Waals surface area contributed by atoms with Crippen LogP contribution in [0.1, 0.15) is 27.2 Å². The topological polar surface area (TPSA) is 57.5 Å². The Labute approximate surface area is 67.0 Å². The van der Waals surface area contributed by atoms with Crippen molar-refractivity contribution in [1.82, 2.24) is 0 Å². The molecule has 0 rings (SSSR count). The molecule has 0 amide bonds. The predicted molar refractivity (Wildman–Crippen MR) is 42.3 cm³/mol. The van der Waals surface area contributed by atoms with Crippen LogP contribution in [0.4, 0.5) is 0 Å². The highest BCUT2D eigenvalue weighted by atomic mass is 16.4. The minimum Gasteiger partial charge on any atom is -0.479 e. The van der Waals surface area contributed by atoms with E-state index in [1.165, 1.54) is 0 Å². The first-order valence-electron chi connectivity index (χ1n) is 3.91. The average molecular weight is 160 g/mol. The Morgan fingerprint density at radius 1 is 1.45 bits per heavy atom. The van der Waals surface area contributed by atoms with Crippen LogP contribution in [0, 0.1) is 11.8 Å². The lowest BCUT2D eigenvalue weighted by Crippen LogP contribution is -2.31. The Morgan fingerprint density at radius 3 is 2.18 bits per heavy atom. The quantitative estimate of drug-likeness (QED) is 0.647. The monoisotopic (exact) mass is 160 g/mol. The smallest absolute Gasteiger partial charge is 0.332 e. The van der Waals surface area contributed by atoms with E-state index >= 15 is 0 Å². The van der Waals surface area contributed by atoms with Gasteiger partial charge in [0.2, 0.25) is 0 Å². The molecule has 0 aliphatic rings. The van der Waals surface area contributed by atoms with Crippen molar-refractivity contribution in [3.63, 3.8) is 0 Å². The lowest BCUT2D eigenvalue weighted by atomic mass is 9.89. The maximum absolute atomic E-state index is 10.3. The molecule has 3 atom stereocenters. The average Bonchev–Trinajstić information content (AvgIpc) is 2.00. The minimum atomic E-state index is -1.22. The van der Waals surface area contributed by atoms with Crippen molar-refractivity contribution in [3.05, 3.63) is 0 Å². The third-order valence-electron chi connectivity index (χ3n) is 2.29. The number of aliphatic carboxylic acids is 1. The molecule has 0 saturated carbocycles. The highest BCUT2D eigenvalue weighted by Gasteiger charge is 2.25. The Hall–Kier alpha value is -0.570. The zero-order chi connectivity index (χ0) is 9.02. The van der Waals surface area contributed by atoms with Gasteiger partial charge < -0.3 is 10.2 Å². The van der Waals surface area contributed by atoms with Crippen LogP contribution < -0.4 is 0 Å². The van der Waals surface area contributed by atoms with E-state index < -0.39 is 12.1 Å². The van der Waals surface area contributed by atoms with Gasteiger partial charge in [-0.05, 0) is 11.8 Å². The van der Waals surface area contributed by atoms with Gasteiger partial charge in [0.05, 0.1) is 0 Å². The summed E-state index contributed by atoms with van der Waals surface area (Å²) in [6, 6.07) is 0. The zero-order valence-corrected chi connectivity index (χ0v) is 7.24. The standard InChI is InChI=1S/C8H16O3/c1-4-5(2)6(3)7(9)8(10)11/h5-7,9H,4H2,1-3H3,(H,10,11)/t5-,6+,7-/m1/s1. The molecule has 0 aromatic rings. The fourth-order valence-electron chi connectivity index (χ4n) is 0.908. The van der Waals surface area contributed by atoms with Crippen molar-refractivity contribution in [3.8, 4) is 0 Å². The molecule has 0 bridgehead atoms. The van der Waals surface area contributed by atoms with Gasteiger partial charge in [-0.2, -0.15) is 0 Å². The molecule has 0 aliphatic heterocycles. The molecule has 3 heteroatoms. The first kappa shape index (κ1) is 10.4. The second-order valence-electron chi connectivity index (χ2n) is 3.03. The summed E-state index contributed by atoms with van der Waals surface area (Å²) in [7, 11) is 0. The molecule has 0 saturated heterocycles. The molecule has 66 valence electrons. The van der Waals surface area contributed by atoms with Crippen molar-refractivity contribution in [2.24, 2.45) is 11.8 Å². The van der Waals surface area contributed by atoms with Crippen molar-refractivity contribution in [2.45, 2.75) is 33.3 Å². The van der Waals surface area contributed by atoms with Gasteiger partial charge in [0.25, 0.3) is 0 Å². The van der Waals surface area contributed by atoms with E-state index in [-0.39, 0.29) is 11.8 Å². The minimum absolute atomic E-state index is 0.169. The van der Waals surface area contributed by atoms with Crippen LogP contribution in [0.25, 0.3) is 0 Å². The highest BCUT2D eigenvalue weighted by molar-refractivity contribution is 5.72. The highest BCUT2D eigenvalue weighted by Crippen LogP contribution is 2.18. The third kappa shape index (κ3) is 2.89. The molecule has 0 aromatic heterocycles. The molecule has 0 spiro atoms. The number of carbonyl (C=O) groups is 1. The molecular weight excluding hydrogens is 144 g/mol. The second-order valence-corrected chi connectivity index (χ2v) is 3.03. The van der Waals surface area contributed by atoms with Gasteiger partial charge in [-0.15, -0.1) is 0 Å². The molecule has 0 heterocycles. The number of rotatable bonds is 4. The largest absolute Gasteiger partial charge is 0.479 e. The number of hydrogen-bond acceptors (Lipinski definition) is 2. The summed E-state index contributed by atoms with van der Waals surface area (Å²) < 4.78 is 0. The van der Waals surface area contributed by atoms with Crippen LogP contribution in [-0.4, -0.2) is 22.3 Å². The van der Waals surface area contributed by atoms with Crippen LogP contribution in [0.15, 0.2) is 0 Å². The summed E-state index contributed by atoms with van der Waals surface area (Å²) in [5.41, 5.74) is 0. The maximum Gasteiger partial charge on any atom is 0.332 e. The van der Waals surface area contributed by atoms with Crippen LogP contribution in [0.5, 0.6) is 0 Å². The maximum atomic E-state index is 10.3. The number of carboxylic acid groups (broad SMARTS) is 1. The Kier molecular flexibility index (Phi) is 4.11. The van der Waals surface area contributed by atoms with Gasteiger partial charge in [-0.1, -0.05) is 27.2 Å². The summed E-state index contributed by atoms with van der Waals surface area (Å²) in [6.45, 7) is 5.68. The van der Waals surface area contributed by atoms with Crippen LogP contribution in [-0.2, 0) is 4.79 Å². The van der Waals surface area contributed by atoms with Gasteiger partial charge in [0.15, 0.2) is 6.10 Å². The summed E-state index contributed by atoms with van der Waals surface area (Å²) in [5.74, 6) is -1.04. The molecule has 2 N–H and O–H groups in total. The Bertz CT molecular complexity index is 133. The molecule has 3 nitrogen and oxygen atoms in total. The summed E-state index contributed by atoms with van der Waals surface area (Å²) in [5, 5.41) is 17.5. The van der Waals surface area contributed by atoms with Gasteiger partial charge in [0.1, 0.15) is 0 Å². The van der Waals surface area contributed by atoms with Crippen LogP contribution >= 0.6 is 0 Å². The second kappa shape index (κ2) is 4.34. The van der Waals surface area contributed by atoms with Gasteiger partial charge in [-0.3, -0.25) is 0 Å². The first-order valence-corrected chi connectivity index (χ1v) is 3.91. The van der Waals surface area contributed by atoms with Crippen LogP contribution in [0.2, 0.25) is 0 Å². The summed E-state index contributed by atoms with van der Waals surface area (Å²) in [4.78, 5) is 10.3. The van der Waals surface area contributed by atoms with E-state index in [9.17, 15) is 4.79 Å². The fourth-order valence-corrected chi connectivity index (χ4v) is 0.908. The molecule has 11 heavy (non-hydrogen) atoms. The van der Waals surface area contributed by atoms with E-state index in [0.717, 1.165) is 6.42 Å². The normalized spacial score (nSPS) is 18.9. The number of hydrogen-bond donors (Lipinski definition) is 2. The molecule has 0 fully saturated rings. The van der Waals surface area contributed by atoms with E-state index in [1.54, 1.807) is 6.92 Å². The van der Waals surface area contributed by atoms with Crippen molar-refractivity contribution in [1.29, 1.82) is 0 Å². The Balaban J connectivity index is 4.00. The van der Waals surface area contributed by atoms with Crippen molar-refractivity contribution < 1.29 is 15.0 Å².